The molecule has 4 nitrogen and oxygen atoms in total. The van der Waals surface area contributed by atoms with Gasteiger partial charge in [0.2, 0.25) is 0 Å². The number of carbonyl (C=O) groups is 2. The van der Waals surface area contributed by atoms with Gasteiger partial charge in [0.15, 0.2) is 5.75 Å². The molecule has 0 atom stereocenters. The smallest absolute Gasteiger partial charge is 0.311 e. The van der Waals surface area contributed by atoms with E-state index in [-0.39, 0.29) is 41.2 Å². The monoisotopic (exact) mass is 364 g/mol. The van der Waals surface area contributed by atoms with Crippen molar-refractivity contribution in [3.8, 4) is 5.75 Å². The summed E-state index contributed by atoms with van der Waals surface area (Å²) in [4.78, 5) is 23.0. The van der Waals surface area contributed by atoms with Crippen molar-refractivity contribution in [1.29, 1.82) is 0 Å². The Morgan fingerprint density at radius 1 is 1.09 bits per heavy atom. The van der Waals surface area contributed by atoms with Crippen LogP contribution in [0.5, 0.6) is 5.75 Å². The van der Waals surface area contributed by atoms with Crippen LogP contribution in [0.4, 0.5) is 0 Å². The van der Waals surface area contributed by atoms with Crippen molar-refractivity contribution < 1.29 is 19.1 Å². The molecule has 0 heterocycles. The van der Waals surface area contributed by atoms with E-state index in [0.29, 0.717) is 11.4 Å². The highest BCUT2D eigenvalue weighted by molar-refractivity contribution is 6.40. The molecule has 0 aromatic heterocycles. The molecule has 0 bridgehead atoms. The highest BCUT2D eigenvalue weighted by Crippen LogP contribution is 2.36. The van der Waals surface area contributed by atoms with Crippen molar-refractivity contribution in [1.82, 2.24) is 0 Å². The topological polar surface area (TPSA) is 52.6 Å². The molecule has 0 unspecified atom stereocenters. The molecule has 0 saturated carbocycles. The molecule has 0 saturated heterocycles. The molecule has 0 aliphatic heterocycles. The van der Waals surface area contributed by atoms with Crippen molar-refractivity contribution in [2.45, 2.75) is 26.2 Å². The summed E-state index contributed by atoms with van der Waals surface area (Å²) in [5, 5.41) is 0.645. The second kappa shape index (κ2) is 9.72. The van der Waals surface area contributed by atoms with Crippen LogP contribution in [0, 0.1) is 0 Å². The Kier molecular flexibility index (Phi) is 8.31. The molecular weight excluding hydrogens is 351 g/mol. The first kappa shape index (κ1) is 18.8. The fourth-order valence-corrected chi connectivity index (χ4v) is 2.37. The molecule has 0 aliphatic carbocycles. The Morgan fingerprint density at radius 2 is 1.68 bits per heavy atom. The zero-order chi connectivity index (χ0) is 16.5. The van der Waals surface area contributed by atoms with E-state index in [1.165, 1.54) is 12.1 Å². The van der Waals surface area contributed by atoms with Gasteiger partial charge >= 0.3 is 11.9 Å². The van der Waals surface area contributed by atoms with Crippen LogP contribution in [0.3, 0.4) is 0 Å². The van der Waals surface area contributed by atoms with Gasteiger partial charge in [-0.3, -0.25) is 9.59 Å². The fraction of sp³-hybridized carbons (Fsp3) is 0.333. The van der Waals surface area contributed by atoms with Crippen molar-refractivity contribution in [2.75, 3.05) is 6.61 Å². The average Bonchev–Trinajstić information content (AvgIpc) is 2.43. The molecule has 1 rings (SSSR count). The Morgan fingerprint density at radius 3 is 2.27 bits per heavy atom. The minimum absolute atomic E-state index is 0.0496. The summed E-state index contributed by atoms with van der Waals surface area (Å²) < 4.78 is 9.99. The Balaban J connectivity index is 2.40. The minimum atomic E-state index is -0.535. The summed E-state index contributed by atoms with van der Waals surface area (Å²) >= 11 is 17.6. The van der Waals surface area contributed by atoms with Gasteiger partial charge in [-0.1, -0.05) is 47.0 Å². The first-order valence-corrected chi connectivity index (χ1v) is 7.69. The maximum Gasteiger partial charge on any atom is 0.311 e. The van der Waals surface area contributed by atoms with E-state index in [1.54, 1.807) is 12.2 Å². The van der Waals surface area contributed by atoms with Crippen molar-refractivity contribution >= 4 is 46.7 Å². The third kappa shape index (κ3) is 6.69. The van der Waals surface area contributed by atoms with Gasteiger partial charge in [0, 0.05) is 17.9 Å². The summed E-state index contributed by atoms with van der Waals surface area (Å²) in [6, 6.07) is 2.85. The quantitative estimate of drug-likeness (QED) is 0.394. The van der Waals surface area contributed by atoms with E-state index in [4.69, 9.17) is 44.3 Å². The van der Waals surface area contributed by atoms with Crippen LogP contribution < -0.4 is 4.74 Å². The summed E-state index contributed by atoms with van der Waals surface area (Å²) in [5.41, 5.74) is 0. The van der Waals surface area contributed by atoms with Crippen LogP contribution in [-0.2, 0) is 14.3 Å². The zero-order valence-corrected chi connectivity index (χ0v) is 14.2. The lowest BCUT2D eigenvalue weighted by Gasteiger charge is -2.08. The molecule has 0 spiro atoms. The normalized spacial score (nSPS) is 10.7. The van der Waals surface area contributed by atoms with Crippen LogP contribution in [-0.4, -0.2) is 18.5 Å². The number of allylic oxidation sites excluding steroid dienone is 1. The van der Waals surface area contributed by atoms with Crippen molar-refractivity contribution in [3.63, 3.8) is 0 Å². The maximum atomic E-state index is 11.7. The van der Waals surface area contributed by atoms with E-state index in [1.807, 2.05) is 6.92 Å². The largest absolute Gasteiger partial charge is 0.461 e. The van der Waals surface area contributed by atoms with E-state index in [0.717, 1.165) is 0 Å². The molecule has 0 fully saturated rings. The van der Waals surface area contributed by atoms with E-state index in [9.17, 15) is 9.59 Å². The lowest BCUT2D eigenvalue weighted by Crippen LogP contribution is -2.10. The number of ether oxygens (including phenoxy) is 2. The molecule has 120 valence electrons. The molecule has 1 aromatic carbocycles. The lowest BCUT2D eigenvalue weighted by atomic mass is 10.2. The lowest BCUT2D eigenvalue weighted by molar-refractivity contribution is -0.142. The Labute approximate surface area is 143 Å². The first-order chi connectivity index (χ1) is 10.4. The molecule has 22 heavy (non-hydrogen) atoms. The first-order valence-electron chi connectivity index (χ1n) is 6.56. The van der Waals surface area contributed by atoms with Crippen molar-refractivity contribution in [2.24, 2.45) is 0 Å². The predicted octanol–water partition coefficient (Wildman–Crippen LogP) is 4.84. The standard InChI is InChI=1S/C15H15Cl3O4/c1-2-3-7-21-13(19)5-4-6-14(20)22-15-11(17)8-10(16)9-12(15)18/h2-3,8-9H,4-7H2,1H3/b3-2+. The highest BCUT2D eigenvalue weighted by Gasteiger charge is 2.14. The number of rotatable bonds is 7. The molecule has 7 heteroatoms. The number of hydrogen-bond donors (Lipinski definition) is 0. The van der Waals surface area contributed by atoms with Crippen LogP contribution in [0.1, 0.15) is 26.2 Å². The second-order valence-electron chi connectivity index (χ2n) is 4.28. The molecule has 0 radical (unpaired) electrons. The molecule has 0 N–H and O–H groups in total. The number of halogens is 3. The Bertz CT molecular complexity index is 547. The van der Waals surface area contributed by atoms with Crippen LogP contribution in [0.15, 0.2) is 24.3 Å². The van der Waals surface area contributed by atoms with Gasteiger partial charge < -0.3 is 9.47 Å². The third-order valence-corrected chi connectivity index (χ3v) is 3.30. The SMILES string of the molecule is C/C=C/COC(=O)CCCC(=O)Oc1c(Cl)cc(Cl)cc1Cl. The Hall–Kier alpha value is -1.23. The van der Waals surface area contributed by atoms with E-state index >= 15 is 0 Å². The summed E-state index contributed by atoms with van der Waals surface area (Å²) in [6.07, 6.45) is 4.00. The third-order valence-electron chi connectivity index (χ3n) is 2.52. The zero-order valence-electron chi connectivity index (χ0n) is 11.9. The van der Waals surface area contributed by atoms with E-state index in [2.05, 4.69) is 0 Å². The minimum Gasteiger partial charge on any atom is -0.461 e. The number of benzene rings is 1. The van der Waals surface area contributed by atoms with Gasteiger partial charge in [0.25, 0.3) is 0 Å². The number of esters is 2. The molecular formula is C15H15Cl3O4. The van der Waals surface area contributed by atoms with Gasteiger partial charge in [-0.2, -0.15) is 0 Å². The summed E-state index contributed by atoms with van der Waals surface area (Å²) in [5.74, 6) is -0.839. The summed E-state index contributed by atoms with van der Waals surface area (Å²) in [7, 11) is 0. The van der Waals surface area contributed by atoms with Gasteiger partial charge in [-0.05, 0) is 25.5 Å². The van der Waals surface area contributed by atoms with Gasteiger partial charge in [0.1, 0.15) is 6.61 Å². The number of hydrogen-bond acceptors (Lipinski definition) is 4. The van der Waals surface area contributed by atoms with Crippen molar-refractivity contribution in [3.05, 3.63) is 39.4 Å². The van der Waals surface area contributed by atoms with Gasteiger partial charge in [-0.15, -0.1) is 0 Å². The van der Waals surface area contributed by atoms with Gasteiger partial charge in [0.05, 0.1) is 10.0 Å². The second-order valence-corrected chi connectivity index (χ2v) is 5.53. The molecule has 0 aliphatic rings. The average molecular weight is 366 g/mol. The number of carbonyl (C=O) groups excluding carboxylic acids is 2. The molecule has 0 amide bonds. The summed E-state index contributed by atoms with van der Waals surface area (Å²) in [6.45, 7) is 2.06. The predicted molar refractivity (Wildman–Crippen MR) is 86.7 cm³/mol. The van der Waals surface area contributed by atoms with Gasteiger partial charge in [-0.25, -0.2) is 0 Å². The van der Waals surface area contributed by atoms with Crippen LogP contribution in [0.2, 0.25) is 15.1 Å². The highest BCUT2D eigenvalue weighted by atomic mass is 35.5. The maximum absolute atomic E-state index is 11.7. The van der Waals surface area contributed by atoms with E-state index < -0.39 is 5.97 Å². The molecule has 1 aromatic rings. The van der Waals surface area contributed by atoms with Crippen LogP contribution >= 0.6 is 34.8 Å². The van der Waals surface area contributed by atoms with Crippen LogP contribution in [0.25, 0.3) is 0 Å². The fourth-order valence-electron chi connectivity index (χ4n) is 1.48.